The SMILES string of the molecule is CCCOC[C@@H](Cc1ccc(OC)c(Cc2ccccc2)c1)[C@H](C)OC(=O)[C@H](C)NC(=O)c1nccc(OC)c1OCOC(C)=O. The number of nitrogens with one attached hydrogen (secondary N) is 1. The fraction of sp³-hybridized carbons (Fsp3) is 0.429. The number of aromatic nitrogens is 1. The van der Waals surface area contributed by atoms with Crippen molar-refractivity contribution in [2.24, 2.45) is 5.92 Å². The molecule has 0 spiro atoms. The summed E-state index contributed by atoms with van der Waals surface area (Å²) in [7, 11) is 3.06. The summed E-state index contributed by atoms with van der Waals surface area (Å²) in [5.41, 5.74) is 3.15. The van der Waals surface area contributed by atoms with Crippen LogP contribution in [-0.2, 0) is 36.6 Å². The number of amides is 1. The molecule has 11 heteroatoms. The van der Waals surface area contributed by atoms with Gasteiger partial charge in [-0.05, 0) is 49.4 Å². The molecule has 0 aliphatic heterocycles. The molecule has 0 aliphatic rings. The van der Waals surface area contributed by atoms with Crippen molar-refractivity contribution in [1.82, 2.24) is 10.3 Å². The Labute approximate surface area is 270 Å². The average molecular weight is 637 g/mol. The molecule has 0 fully saturated rings. The van der Waals surface area contributed by atoms with Gasteiger partial charge in [0.1, 0.15) is 17.9 Å². The first-order chi connectivity index (χ1) is 22.2. The van der Waals surface area contributed by atoms with Crippen LogP contribution in [0.1, 0.15) is 61.3 Å². The maximum absolute atomic E-state index is 13.2. The highest BCUT2D eigenvalue weighted by Crippen LogP contribution is 2.30. The lowest BCUT2D eigenvalue weighted by molar-refractivity contribution is -0.154. The van der Waals surface area contributed by atoms with Gasteiger partial charge < -0.3 is 33.7 Å². The fourth-order valence-electron chi connectivity index (χ4n) is 4.72. The number of methoxy groups -OCH3 is 2. The van der Waals surface area contributed by atoms with E-state index in [4.69, 9.17) is 28.4 Å². The third kappa shape index (κ3) is 10.8. The van der Waals surface area contributed by atoms with Gasteiger partial charge in [-0.1, -0.05) is 49.4 Å². The van der Waals surface area contributed by atoms with Gasteiger partial charge in [0.2, 0.25) is 6.79 Å². The lowest BCUT2D eigenvalue weighted by Gasteiger charge is -2.26. The topological polar surface area (TPSA) is 132 Å². The van der Waals surface area contributed by atoms with Gasteiger partial charge in [-0.2, -0.15) is 0 Å². The zero-order chi connectivity index (χ0) is 33.5. The van der Waals surface area contributed by atoms with E-state index < -0.39 is 36.8 Å². The molecule has 0 unspecified atom stereocenters. The second-order valence-electron chi connectivity index (χ2n) is 10.8. The molecule has 0 radical (unpaired) electrons. The summed E-state index contributed by atoms with van der Waals surface area (Å²) in [6.45, 7) is 7.13. The Hall–Kier alpha value is -4.64. The van der Waals surface area contributed by atoms with Crippen molar-refractivity contribution >= 4 is 17.8 Å². The first kappa shape index (κ1) is 35.8. The molecule has 2 aromatic carbocycles. The molecule has 1 amide bonds. The third-order valence-electron chi connectivity index (χ3n) is 7.20. The monoisotopic (exact) mass is 636 g/mol. The van der Waals surface area contributed by atoms with Crippen molar-refractivity contribution in [2.45, 2.75) is 59.1 Å². The first-order valence-electron chi connectivity index (χ1n) is 15.2. The normalized spacial score (nSPS) is 12.7. The summed E-state index contributed by atoms with van der Waals surface area (Å²) in [4.78, 5) is 41.6. The Morgan fingerprint density at radius 1 is 0.935 bits per heavy atom. The lowest BCUT2D eigenvalue weighted by Crippen LogP contribution is -2.42. The van der Waals surface area contributed by atoms with Crippen LogP contribution in [0.2, 0.25) is 0 Å². The van der Waals surface area contributed by atoms with Crippen LogP contribution in [0.3, 0.4) is 0 Å². The van der Waals surface area contributed by atoms with E-state index in [0.717, 1.165) is 29.7 Å². The minimum atomic E-state index is -1.01. The van der Waals surface area contributed by atoms with Gasteiger partial charge in [-0.15, -0.1) is 0 Å². The van der Waals surface area contributed by atoms with Gasteiger partial charge in [-0.3, -0.25) is 9.59 Å². The summed E-state index contributed by atoms with van der Waals surface area (Å²) < 4.78 is 32.9. The van der Waals surface area contributed by atoms with Crippen molar-refractivity contribution in [3.8, 4) is 17.2 Å². The lowest BCUT2D eigenvalue weighted by atomic mass is 9.93. The summed E-state index contributed by atoms with van der Waals surface area (Å²) in [6.07, 6.45) is 3.01. The summed E-state index contributed by atoms with van der Waals surface area (Å²) in [5, 5.41) is 2.61. The van der Waals surface area contributed by atoms with E-state index in [9.17, 15) is 14.4 Å². The van der Waals surface area contributed by atoms with Crippen LogP contribution >= 0.6 is 0 Å². The van der Waals surface area contributed by atoms with Crippen LogP contribution in [0.15, 0.2) is 60.8 Å². The minimum absolute atomic E-state index is 0.0306. The Morgan fingerprint density at radius 3 is 2.35 bits per heavy atom. The van der Waals surface area contributed by atoms with Gasteiger partial charge in [0.05, 0.1) is 20.8 Å². The molecule has 3 rings (SSSR count). The minimum Gasteiger partial charge on any atom is -0.496 e. The molecule has 1 heterocycles. The number of pyridine rings is 1. The second kappa shape index (κ2) is 18.4. The largest absolute Gasteiger partial charge is 0.496 e. The van der Waals surface area contributed by atoms with Crippen molar-refractivity contribution < 1.29 is 42.8 Å². The molecule has 1 aromatic heterocycles. The standard InChI is InChI=1S/C35H44N2O9/c1-7-17-43-21-29(20-27-13-14-30(41-5)28(19-27)18-26-11-9-8-10-12-26)24(3)46-35(40)23(2)37-34(39)32-33(45-22-44-25(4)38)31(42-6)15-16-36-32/h8-16,19,23-24,29H,7,17-18,20-22H2,1-6H3,(H,37,39)/t23-,24-,29+/m0/s1. The number of rotatable bonds is 18. The number of hydrogen-bond donors (Lipinski definition) is 1. The highest BCUT2D eigenvalue weighted by Gasteiger charge is 2.28. The number of carbonyl (C=O) groups excluding carboxylic acids is 3. The van der Waals surface area contributed by atoms with Crippen LogP contribution in [0.4, 0.5) is 0 Å². The Bertz CT molecular complexity index is 1430. The van der Waals surface area contributed by atoms with Crippen molar-refractivity contribution in [3.05, 3.63) is 83.2 Å². The molecule has 3 aromatic rings. The van der Waals surface area contributed by atoms with Crippen LogP contribution in [-0.4, -0.2) is 69.2 Å². The van der Waals surface area contributed by atoms with E-state index in [1.54, 1.807) is 7.11 Å². The molecular formula is C35H44N2O9. The maximum atomic E-state index is 13.2. The van der Waals surface area contributed by atoms with Gasteiger partial charge in [0, 0.05) is 38.1 Å². The van der Waals surface area contributed by atoms with Gasteiger partial charge in [-0.25, -0.2) is 9.78 Å². The molecule has 0 aliphatic carbocycles. The highest BCUT2D eigenvalue weighted by molar-refractivity contribution is 5.98. The summed E-state index contributed by atoms with van der Waals surface area (Å²) >= 11 is 0. The van der Waals surface area contributed by atoms with E-state index in [2.05, 4.69) is 28.5 Å². The molecule has 0 saturated carbocycles. The zero-order valence-corrected chi connectivity index (χ0v) is 27.4. The summed E-state index contributed by atoms with van der Waals surface area (Å²) in [5.74, 6) is -1.05. The summed E-state index contributed by atoms with van der Waals surface area (Å²) in [6, 6.07) is 16.7. The van der Waals surface area contributed by atoms with Crippen LogP contribution in [0.25, 0.3) is 0 Å². The predicted octanol–water partition coefficient (Wildman–Crippen LogP) is 4.92. The molecule has 46 heavy (non-hydrogen) atoms. The molecule has 248 valence electrons. The van der Waals surface area contributed by atoms with Crippen LogP contribution in [0, 0.1) is 5.92 Å². The predicted molar refractivity (Wildman–Crippen MR) is 171 cm³/mol. The van der Waals surface area contributed by atoms with E-state index in [-0.39, 0.29) is 23.1 Å². The smallest absolute Gasteiger partial charge is 0.328 e. The molecule has 3 atom stereocenters. The highest BCUT2D eigenvalue weighted by atomic mass is 16.7. The van der Waals surface area contributed by atoms with Crippen LogP contribution in [0.5, 0.6) is 17.2 Å². The molecule has 0 saturated heterocycles. The number of nitrogens with zero attached hydrogens (tertiary/aromatic N) is 1. The number of carbonyl (C=O) groups is 3. The van der Waals surface area contributed by atoms with Gasteiger partial charge in [0.25, 0.3) is 5.91 Å². The number of benzene rings is 2. The quantitative estimate of drug-likeness (QED) is 0.117. The number of hydrogen-bond acceptors (Lipinski definition) is 10. The van der Waals surface area contributed by atoms with Crippen molar-refractivity contribution in [3.63, 3.8) is 0 Å². The van der Waals surface area contributed by atoms with Gasteiger partial charge >= 0.3 is 11.9 Å². The van der Waals surface area contributed by atoms with Crippen LogP contribution < -0.4 is 19.5 Å². The molecule has 0 bridgehead atoms. The second-order valence-corrected chi connectivity index (χ2v) is 10.8. The number of ether oxygens (including phenoxy) is 6. The van der Waals surface area contributed by atoms with Crippen molar-refractivity contribution in [2.75, 3.05) is 34.2 Å². The van der Waals surface area contributed by atoms with E-state index in [1.165, 1.54) is 38.8 Å². The molecule has 1 N–H and O–H groups in total. The Morgan fingerprint density at radius 2 is 1.67 bits per heavy atom. The van der Waals surface area contributed by atoms with E-state index in [0.29, 0.717) is 19.6 Å². The Kier molecular flexibility index (Phi) is 14.3. The van der Waals surface area contributed by atoms with Crippen molar-refractivity contribution in [1.29, 1.82) is 0 Å². The molecule has 11 nitrogen and oxygen atoms in total. The number of esters is 2. The fourth-order valence-corrected chi connectivity index (χ4v) is 4.72. The Balaban J connectivity index is 1.71. The zero-order valence-electron chi connectivity index (χ0n) is 27.4. The molecular weight excluding hydrogens is 592 g/mol. The first-order valence-corrected chi connectivity index (χ1v) is 15.2. The van der Waals surface area contributed by atoms with Gasteiger partial charge in [0.15, 0.2) is 17.2 Å². The average Bonchev–Trinajstić information content (AvgIpc) is 3.04. The maximum Gasteiger partial charge on any atom is 0.328 e. The third-order valence-corrected chi connectivity index (χ3v) is 7.20. The van der Waals surface area contributed by atoms with E-state index >= 15 is 0 Å². The van der Waals surface area contributed by atoms with E-state index in [1.807, 2.05) is 44.2 Å².